The molecule has 0 bridgehead atoms. The molecule has 0 saturated carbocycles. The largest absolute Gasteiger partial charge is 0.497 e. The first-order valence-electron chi connectivity index (χ1n) is 8.99. The third-order valence-corrected chi connectivity index (χ3v) is 5.93. The normalized spacial score (nSPS) is 15.2. The molecule has 8 heteroatoms. The zero-order chi connectivity index (χ0) is 21.0. The number of halogens is 1. The molecule has 1 aliphatic heterocycles. The minimum atomic E-state index is -0.159. The fourth-order valence-electron chi connectivity index (χ4n) is 2.79. The lowest BCUT2D eigenvalue weighted by Crippen LogP contribution is -2.27. The van der Waals surface area contributed by atoms with Gasteiger partial charge in [0.2, 0.25) is 0 Å². The van der Waals surface area contributed by atoms with Crippen molar-refractivity contribution in [3.05, 3.63) is 51.3 Å². The molecule has 0 unspecified atom stereocenters. The van der Waals surface area contributed by atoms with Crippen molar-refractivity contribution in [2.75, 3.05) is 25.2 Å². The first-order valence-corrected chi connectivity index (χ1v) is 11.0. The van der Waals surface area contributed by atoms with Crippen molar-refractivity contribution >= 4 is 61.9 Å². The van der Waals surface area contributed by atoms with Gasteiger partial charge in [0, 0.05) is 0 Å². The van der Waals surface area contributed by atoms with E-state index in [-0.39, 0.29) is 5.91 Å². The average Bonchev–Trinajstić information content (AvgIpc) is 2.98. The molecule has 2 aromatic rings. The SMILES string of the molecule is CCOc1cc(/C=C2\SC(=S)N(c3ccc(OC)cc3)C2=O)cc(Br)c1OCC. The Balaban J connectivity index is 1.92. The average molecular weight is 494 g/mol. The molecule has 0 atom stereocenters. The van der Waals surface area contributed by atoms with E-state index < -0.39 is 0 Å². The summed E-state index contributed by atoms with van der Waals surface area (Å²) in [5.41, 5.74) is 1.53. The summed E-state index contributed by atoms with van der Waals surface area (Å²) < 4.78 is 17.8. The maximum atomic E-state index is 13.0. The highest BCUT2D eigenvalue weighted by molar-refractivity contribution is 9.10. The molecule has 1 heterocycles. The summed E-state index contributed by atoms with van der Waals surface area (Å²) >= 11 is 10.2. The highest BCUT2D eigenvalue weighted by atomic mass is 79.9. The Bertz CT molecular complexity index is 960. The summed E-state index contributed by atoms with van der Waals surface area (Å²) in [7, 11) is 1.60. The second kappa shape index (κ2) is 9.65. The van der Waals surface area contributed by atoms with Gasteiger partial charge in [-0.1, -0.05) is 24.0 Å². The Hall–Kier alpha value is -2.03. The van der Waals surface area contributed by atoms with Gasteiger partial charge in [-0.25, -0.2) is 0 Å². The van der Waals surface area contributed by atoms with Gasteiger partial charge >= 0.3 is 0 Å². The molecule has 0 aromatic heterocycles. The van der Waals surface area contributed by atoms with Gasteiger partial charge in [0.05, 0.1) is 35.4 Å². The highest BCUT2D eigenvalue weighted by Gasteiger charge is 2.33. The second-order valence-electron chi connectivity index (χ2n) is 5.91. The third-order valence-electron chi connectivity index (χ3n) is 4.04. The van der Waals surface area contributed by atoms with Crippen LogP contribution in [-0.4, -0.2) is 30.6 Å². The van der Waals surface area contributed by atoms with Crippen LogP contribution in [0.4, 0.5) is 5.69 Å². The van der Waals surface area contributed by atoms with Gasteiger partial charge in [-0.2, -0.15) is 0 Å². The molecule has 1 amide bonds. The molecule has 29 heavy (non-hydrogen) atoms. The number of thiocarbonyl (C=S) groups is 1. The molecule has 1 fully saturated rings. The van der Waals surface area contributed by atoms with E-state index in [0.29, 0.717) is 39.6 Å². The number of thioether (sulfide) groups is 1. The molecule has 2 aromatic carbocycles. The molecule has 0 spiro atoms. The van der Waals surface area contributed by atoms with Crippen LogP contribution < -0.4 is 19.1 Å². The fraction of sp³-hybridized carbons (Fsp3) is 0.238. The van der Waals surface area contributed by atoms with E-state index in [4.69, 9.17) is 26.4 Å². The lowest BCUT2D eigenvalue weighted by atomic mass is 10.1. The number of hydrogen-bond donors (Lipinski definition) is 0. The zero-order valence-corrected chi connectivity index (χ0v) is 19.4. The van der Waals surface area contributed by atoms with Gasteiger partial charge in [0.1, 0.15) is 5.75 Å². The molecular formula is C21H20BrNO4S2. The molecule has 0 N–H and O–H groups in total. The Morgan fingerprint density at radius 3 is 2.45 bits per heavy atom. The third kappa shape index (κ3) is 4.76. The number of nitrogens with zero attached hydrogens (tertiary/aromatic N) is 1. The predicted molar refractivity (Wildman–Crippen MR) is 125 cm³/mol. The van der Waals surface area contributed by atoms with Crippen molar-refractivity contribution in [1.29, 1.82) is 0 Å². The number of amides is 1. The van der Waals surface area contributed by atoms with Crippen LogP contribution in [0.2, 0.25) is 0 Å². The second-order valence-corrected chi connectivity index (χ2v) is 8.44. The fourth-order valence-corrected chi connectivity index (χ4v) is 4.66. The van der Waals surface area contributed by atoms with Crippen LogP contribution in [0.15, 0.2) is 45.8 Å². The Morgan fingerprint density at radius 1 is 1.14 bits per heavy atom. The van der Waals surface area contributed by atoms with Crippen LogP contribution in [0.3, 0.4) is 0 Å². The summed E-state index contributed by atoms with van der Waals surface area (Å²) in [4.78, 5) is 15.1. The maximum absolute atomic E-state index is 13.0. The molecule has 1 aliphatic rings. The Morgan fingerprint density at radius 2 is 1.83 bits per heavy atom. The van der Waals surface area contributed by atoms with E-state index in [1.165, 1.54) is 16.7 Å². The van der Waals surface area contributed by atoms with Crippen molar-refractivity contribution in [3.8, 4) is 17.2 Å². The van der Waals surface area contributed by atoms with E-state index in [2.05, 4.69) is 15.9 Å². The summed E-state index contributed by atoms with van der Waals surface area (Å²) in [6, 6.07) is 11.0. The number of carbonyl (C=O) groups excluding carboxylic acids is 1. The van der Waals surface area contributed by atoms with E-state index in [0.717, 1.165) is 15.8 Å². The minimum Gasteiger partial charge on any atom is -0.497 e. The smallest absolute Gasteiger partial charge is 0.270 e. The van der Waals surface area contributed by atoms with Crippen molar-refractivity contribution < 1.29 is 19.0 Å². The van der Waals surface area contributed by atoms with E-state index in [1.807, 2.05) is 44.2 Å². The van der Waals surface area contributed by atoms with Crippen molar-refractivity contribution in [3.63, 3.8) is 0 Å². The van der Waals surface area contributed by atoms with Crippen molar-refractivity contribution in [2.24, 2.45) is 0 Å². The Labute approximate surface area is 188 Å². The summed E-state index contributed by atoms with van der Waals surface area (Å²) in [6.07, 6.45) is 1.81. The highest BCUT2D eigenvalue weighted by Crippen LogP contribution is 2.40. The number of ether oxygens (including phenoxy) is 3. The van der Waals surface area contributed by atoms with E-state index >= 15 is 0 Å². The molecule has 0 radical (unpaired) electrons. The van der Waals surface area contributed by atoms with Crippen molar-refractivity contribution in [1.82, 2.24) is 0 Å². The number of hydrogen-bond acceptors (Lipinski definition) is 6. The van der Waals surface area contributed by atoms with E-state index in [1.54, 1.807) is 19.2 Å². The molecule has 0 aliphatic carbocycles. The monoisotopic (exact) mass is 493 g/mol. The van der Waals surface area contributed by atoms with Crippen LogP contribution in [0.1, 0.15) is 19.4 Å². The van der Waals surface area contributed by atoms with Gasteiger partial charge in [0.25, 0.3) is 5.91 Å². The molecule has 1 saturated heterocycles. The van der Waals surface area contributed by atoms with E-state index in [9.17, 15) is 4.79 Å². The predicted octanol–water partition coefficient (Wildman–Crippen LogP) is 5.66. The quantitative estimate of drug-likeness (QED) is 0.366. The first-order chi connectivity index (χ1) is 14.0. The molecule has 5 nitrogen and oxygen atoms in total. The topological polar surface area (TPSA) is 48.0 Å². The van der Waals surface area contributed by atoms with Gasteiger partial charge in [-0.05, 0) is 77.8 Å². The van der Waals surface area contributed by atoms with Crippen molar-refractivity contribution in [2.45, 2.75) is 13.8 Å². The van der Waals surface area contributed by atoms with Crippen LogP contribution in [-0.2, 0) is 4.79 Å². The first kappa shape index (κ1) is 21.7. The number of benzene rings is 2. The van der Waals surface area contributed by atoms with Gasteiger partial charge in [-0.15, -0.1) is 0 Å². The number of methoxy groups -OCH3 is 1. The standard InChI is InChI=1S/C21H20BrNO4S2/c1-4-26-17-11-13(10-16(22)19(17)27-5-2)12-18-20(24)23(21(28)29-18)14-6-8-15(25-3)9-7-14/h6-12H,4-5H2,1-3H3/b18-12-. The number of rotatable bonds is 7. The zero-order valence-electron chi connectivity index (χ0n) is 16.2. The molecule has 152 valence electrons. The lowest BCUT2D eigenvalue weighted by Gasteiger charge is -2.15. The lowest BCUT2D eigenvalue weighted by molar-refractivity contribution is -0.113. The summed E-state index contributed by atoms with van der Waals surface area (Å²) in [5, 5.41) is 0. The number of carbonyl (C=O) groups is 1. The minimum absolute atomic E-state index is 0.159. The number of anilines is 1. The van der Waals surface area contributed by atoms with Crippen LogP contribution in [0, 0.1) is 0 Å². The van der Waals surface area contributed by atoms with Gasteiger partial charge < -0.3 is 14.2 Å². The van der Waals surface area contributed by atoms with Crippen LogP contribution in [0.25, 0.3) is 6.08 Å². The molecule has 3 rings (SSSR count). The van der Waals surface area contributed by atoms with Gasteiger partial charge in [0.15, 0.2) is 15.8 Å². The van der Waals surface area contributed by atoms with Gasteiger partial charge in [-0.3, -0.25) is 9.69 Å². The van der Waals surface area contributed by atoms with Crippen LogP contribution >= 0.6 is 39.9 Å². The molecular weight excluding hydrogens is 474 g/mol. The van der Waals surface area contributed by atoms with Crippen LogP contribution in [0.5, 0.6) is 17.2 Å². The summed E-state index contributed by atoms with van der Waals surface area (Å²) in [5.74, 6) is 1.84. The Kier molecular flexibility index (Phi) is 7.21. The maximum Gasteiger partial charge on any atom is 0.270 e. The summed E-state index contributed by atoms with van der Waals surface area (Å²) in [6.45, 7) is 4.87.